The number of nitrogens with zero attached hydrogens (tertiary/aromatic N) is 2. The highest BCUT2D eigenvalue weighted by Gasteiger charge is 2.30. The fourth-order valence-corrected chi connectivity index (χ4v) is 2.74. The van der Waals surface area contributed by atoms with Crippen LogP contribution in [-0.4, -0.2) is 53.1 Å². The largest absolute Gasteiger partial charge is 0.455 e. The van der Waals surface area contributed by atoms with Crippen LogP contribution in [0, 0.1) is 16.0 Å². The lowest BCUT2D eigenvalue weighted by Crippen LogP contribution is -2.43. The molecule has 0 saturated carbocycles. The van der Waals surface area contributed by atoms with Crippen molar-refractivity contribution in [3.63, 3.8) is 0 Å². The maximum absolute atomic E-state index is 12.2. The van der Waals surface area contributed by atoms with Gasteiger partial charge in [0.25, 0.3) is 11.6 Å². The number of carbonyl (C=O) groups excluding carboxylic acids is 3. The molecule has 10 heteroatoms. The normalized spacial score (nSPS) is 14.8. The summed E-state index contributed by atoms with van der Waals surface area (Å²) in [6.07, 6.45) is 0.455. The van der Waals surface area contributed by atoms with Gasteiger partial charge in [0.15, 0.2) is 6.61 Å². The number of benzene rings is 1. The molecule has 158 valence electrons. The van der Waals surface area contributed by atoms with E-state index < -0.39 is 35.1 Å². The molecule has 10 nitrogen and oxygen atoms in total. The van der Waals surface area contributed by atoms with E-state index in [9.17, 15) is 24.5 Å². The number of amides is 2. The number of nitrogens with one attached hydrogen (secondary N) is 1. The van der Waals surface area contributed by atoms with Crippen molar-refractivity contribution in [1.82, 2.24) is 4.90 Å². The Morgan fingerprint density at radius 3 is 2.28 bits per heavy atom. The van der Waals surface area contributed by atoms with Crippen LogP contribution in [0.2, 0.25) is 0 Å². The molecule has 1 aliphatic rings. The molecule has 0 bridgehead atoms. The fraction of sp³-hybridized carbons (Fsp3) is 0.526. The predicted octanol–water partition coefficient (Wildman–Crippen LogP) is 2.72. The zero-order valence-corrected chi connectivity index (χ0v) is 16.7. The minimum absolute atomic E-state index is 0.0906. The van der Waals surface area contributed by atoms with Gasteiger partial charge in [-0.05, 0) is 45.7 Å². The molecule has 0 spiro atoms. The van der Waals surface area contributed by atoms with Crippen LogP contribution in [0.3, 0.4) is 0 Å². The Morgan fingerprint density at radius 1 is 1.17 bits per heavy atom. The van der Waals surface area contributed by atoms with Gasteiger partial charge in [-0.1, -0.05) is 0 Å². The Labute approximate surface area is 168 Å². The second-order valence-corrected chi connectivity index (χ2v) is 7.70. The van der Waals surface area contributed by atoms with E-state index in [1.54, 1.807) is 25.7 Å². The highest BCUT2D eigenvalue weighted by molar-refractivity contribution is 5.93. The second-order valence-electron chi connectivity index (χ2n) is 7.70. The summed E-state index contributed by atoms with van der Waals surface area (Å²) < 4.78 is 10.4. The molecule has 0 atom stereocenters. The molecular formula is C19H25N3O7. The number of nitro groups is 1. The van der Waals surface area contributed by atoms with E-state index in [4.69, 9.17) is 9.47 Å². The van der Waals surface area contributed by atoms with Crippen molar-refractivity contribution in [3.8, 4) is 0 Å². The van der Waals surface area contributed by atoms with Crippen LogP contribution in [0.5, 0.6) is 0 Å². The average Bonchev–Trinajstić information content (AvgIpc) is 2.65. The van der Waals surface area contributed by atoms with Crippen molar-refractivity contribution in [2.75, 3.05) is 25.0 Å². The lowest BCUT2D eigenvalue weighted by atomic mass is 9.97. The number of hydrogen-bond donors (Lipinski definition) is 1. The summed E-state index contributed by atoms with van der Waals surface area (Å²) in [5.74, 6) is -1.42. The van der Waals surface area contributed by atoms with Crippen molar-refractivity contribution in [3.05, 3.63) is 34.4 Å². The first-order chi connectivity index (χ1) is 13.5. The molecule has 1 heterocycles. The molecular weight excluding hydrogens is 382 g/mol. The van der Waals surface area contributed by atoms with E-state index in [2.05, 4.69) is 5.32 Å². The molecule has 1 saturated heterocycles. The summed E-state index contributed by atoms with van der Waals surface area (Å²) >= 11 is 0. The number of anilines is 1. The van der Waals surface area contributed by atoms with Gasteiger partial charge in [0.1, 0.15) is 5.60 Å². The summed E-state index contributed by atoms with van der Waals surface area (Å²) in [7, 11) is 0. The number of piperidine rings is 1. The quantitative estimate of drug-likeness (QED) is 0.451. The fourth-order valence-electron chi connectivity index (χ4n) is 2.74. The molecule has 1 N–H and O–H groups in total. The Balaban J connectivity index is 1.73. The topological polar surface area (TPSA) is 128 Å². The van der Waals surface area contributed by atoms with Gasteiger partial charge in [0, 0.05) is 30.9 Å². The number of non-ortho nitro benzene ring substituents is 1. The zero-order valence-electron chi connectivity index (χ0n) is 16.7. The molecule has 1 fully saturated rings. The molecule has 1 aromatic rings. The number of carbonyl (C=O) groups is 3. The molecule has 1 aromatic carbocycles. The van der Waals surface area contributed by atoms with Crippen molar-refractivity contribution < 1.29 is 28.8 Å². The third kappa shape index (κ3) is 7.05. The van der Waals surface area contributed by atoms with Crippen LogP contribution in [0.4, 0.5) is 16.2 Å². The van der Waals surface area contributed by atoms with Crippen LogP contribution < -0.4 is 5.32 Å². The Hall–Kier alpha value is -3.17. The minimum atomic E-state index is -0.579. The first kappa shape index (κ1) is 22.1. The molecule has 2 amide bonds. The Kier molecular flexibility index (Phi) is 7.13. The summed E-state index contributed by atoms with van der Waals surface area (Å²) in [4.78, 5) is 47.7. The monoisotopic (exact) mass is 407 g/mol. The van der Waals surface area contributed by atoms with E-state index in [0.717, 1.165) is 0 Å². The number of nitro benzene ring substituents is 1. The predicted molar refractivity (Wildman–Crippen MR) is 103 cm³/mol. The number of hydrogen-bond acceptors (Lipinski definition) is 7. The Bertz CT molecular complexity index is 763. The molecule has 0 unspecified atom stereocenters. The van der Waals surface area contributed by atoms with Crippen LogP contribution in [0.15, 0.2) is 24.3 Å². The van der Waals surface area contributed by atoms with Gasteiger partial charge in [-0.2, -0.15) is 0 Å². The van der Waals surface area contributed by atoms with E-state index in [1.165, 1.54) is 24.3 Å². The molecule has 0 radical (unpaired) electrons. The van der Waals surface area contributed by atoms with E-state index in [0.29, 0.717) is 31.6 Å². The van der Waals surface area contributed by atoms with Gasteiger partial charge in [0.2, 0.25) is 0 Å². The lowest BCUT2D eigenvalue weighted by Gasteiger charge is -2.32. The smallest absolute Gasteiger partial charge is 0.410 e. The minimum Gasteiger partial charge on any atom is -0.455 e. The van der Waals surface area contributed by atoms with E-state index in [1.807, 2.05) is 0 Å². The molecule has 0 aromatic heterocycles. The SMILES string of the molecule is CC(C)(C)OC(=O)N1CCC(C(=O)OCC(=O)Nc2ccc([N+](=O)[O-])cc2)CC1. The van der Waals surface area contributed by atoms with Crippen molar-refractivity contribution in [2.45, 2.75) is 39.2 Å². The second kappa shape index (κ2) is 9.35. The first-order valence-electron chi connectivity index (χ1n) is 9.24. The number of esters is 1. The van der Waals surface area contributed by atoms with Crippen LogP contribution in [-0.2, 0) is 19.1 Å². The van der Waals surface area contributed by atoms with Crippen molar-refractivity contribution >= 4 is 29.3 Å². The average molecular weight is 407 g/mol. The summed E-state index contributed by atoms with van der Waals surface area (Å²) in [5, 5.41) is 13.1. The van der Waals surface area contributed by atoms with Gasteiger partial charge < -0.3 is 19.7 Å². The molecule has 0 aliphatic carbocycles. The number of ether oxygens (including phenoxy) is 2. The summed E-state index contributed by atoms with van der Waals surface area (Å²) in [5.41, 5.74) is -0.307. The maximum Gasteiger partial charge on any atom is 0.410 e. The third-order valence-electron chi connectivity index (χ3n) is 4.19. The number of rotatable bonds is 5. The van der Waals surface area contributed by atoms with E-state index >= 15 is 0 Å². The van der Waals surface area contributed by atoms with E-state index in [-0.39, 0.29) is 11.6 Å². The van der Waals surface area contributed by atoms with Gasteiger partial charge >= 0.3 is 12.1 Å². The molecule has 2 rings (SSSR count). The molecule has 29 heavy (non-hydrogen) atoms. The van der Waals surface area contributed by atoms with Crippen molar-refractivity contribution in [2.24, 2.45) is 5.92 Å². The highest BCUT2D eigenvalue weighted by atomic mass is 16.6. The summed E-state index contributed by atoms with van der Waals surface area (Å²) in [6, 6.07) is 5.31. The van der Waals surface area contributed by atoms with Gasteiger partial charge in [-0.3, -0.25) is 19.7 Å². The molecule has 1 aliphatic heterocycles. The Morgan fingerprint density at radius 2 is 1.76 bits per heavy atom. The standard InChI is InChI=1S/C19H25N3O7/c1-19(2,3)29-18(25)21-10-8-13(9-11-21)17(24)28-12-16(23)20-14-4-6-15(7-5-14)22(26)27/h4-7,13H,8-12H2,1-3H3,(H,20,23). The van der Waals surface area contributed by atoms with Gasteiger partial charge in [-0.25, -0.2) is 4.79 Å². The van der Waals surface area contributed by atoms with Crippen LogP contribution in [0.25, 0.3) is 0 Å². The first-order valence-corrected chi connectivity index (χ1v) is 9.24. The summed E-state index contributed by atoms with van der Waals surface area (Å²) in [6.45, 7) is 5.67. The van der Waals surface area contributed by atoms with Crippen LogP contribution in [0.1, 0.15) is 33.6 Å². The van der Waals surface area contributed by atoms with Gasteiger partial charge in [0.05, 0.1) is 10.8 Å². The number of likely N-dealkylation sites (tertiary alicyclic amines) is 1. The zero-order chi connectivity index (χ0) is 21.6. The lowest BCUT2D eigenvalue weighted by molar-refractivity contribution is -0.384. The van der Waals surface area contributed by atoms with Gasteiger partial charge in [-0.15, -0.1) is 0 Å². The third-order valence-corrected chi connectivity index (χ3v) is 4.19. The van der Waals surface area contributed by atoms with Crippen LogP contribution >= 0.6 is 0 Å². The maximum atomic E-state index is 12.2. The highest BCUT2D eigenvalue weighted by Crippen LogP contribution is 2.21. The van der Waals surface area contributed by atoms with Crippen molar-refractivity contribution in [1.29, 1.82) is 0 Å².